The lowest BCUT2D eigenvalue weighted by atomic mass is 9.95. The lowest BCUT2D eigenvalue weighted by Crippen LogP contribution is -2.27. The molecule has 0 radical (unpaired) electrons. The highest BCUT2D eigenvalue weighted by atomic mass is 35.5. The molecular formula is C18H22ClN3. The second kappa shape index (κ2) is 7.82. The average Bonchev–Trinajstić information content (AvgIpc) is 2.97. The van der Waals surface area contributed by atoms with E-state index < -0.39 is 0 Å². The van der Waals surface area contributed by atoms with Gasteiger partial charge in [-0.2, -0.15) is 5.26 Å². The molecule has 0 saturated carbocycles. The van der Waals surface area contributed by atoms with Crippen LogP contribution >= 0.6 is 11.6 Å². The summed E-state index contributed by atoms with van der Waals surface area (Å²) in [5.41, 5.74) is 2.36. The van der Waals surface area contributed by atoms with Crippen LogP contribution in [0.2, 0.25) is 0 Å². The summed E-state index contributed by atoms with van der Waals surface area (Å²) in [5.74, 6) is 0. The number of halogens is 1. The summed E-state index contributed by atoms with van der Waals surface area (Å²) >= 11 is 5.90. The van der Waals surface area contributed by atoms with E-state index in [9.17, 15) is 0 Å². The van der Waals surface area contributed by atoms with Gasteiger partial charge in [0.25, 0.3) is 0 Å². The molecule has 0 saturated heterocycles. The molecule has 1 rings (SSSR count). The first-order valence-electron chi connectivity index (χ1n) is 7.14. The molecule has 3 nitrogen and oxygen atoms in total. The third-order valence-corrected chi connectivity index (χ3v) is 4.14. The molecule has 0 fully saturated rings. The van der Waals surface area contributed by atoms with Crippen molar-refractivity contribution in [1.29, 1.82) is 5.26 Å². The van der Waals surface area contributed by atoms with Gasteiger partial charge in [-0.25, -0.2) is 4.99 Å². The van der Waals surface area contributed by atoms with E-state index in [4.69, 9.17) is 16.9 Å². The summed E-state index contributed by atoms with van der Waals surface area (Å²) < 4.78 is 2.08. The lowest BCUT2D eigenvalue weighted by molar-refractivity contribution is 0.313. The monoisotopic (exact) mass is 315 g/mol. The van der Waals surface area contributed by atoms with Crippen molar-refractivity contribution in [3.63, 3.8) is 0 Å². The summed E-state index contributed by atoms with van der Waals surface area (Å²) in [5, 5.41) is 9.38. The standard InChI is InChI=1S/C18H22ClN3/c1-6-18(5,9-10-20)22-12-8-16(13-22)15(4)7-11-21-17(19)14(2)3/h7-8,11-13H,2,4,6,9H2,1,3,5H3/b11-7-,21-17?. The minimum absolute atomic E-state index is 0.196. The van der Waals surface area contributed by atoms with Crippen LogP contribution in [-0.2, 0) is 5.54 Å². The molecule has 4 heteroatoms. The molecular weight excluding hydrogens is 294 g/mol. The Morgan fingerprint density at radius 3 is 2.77 bits per heavy atom. The Kier molecular flexibility index (Phi) is 6.39. The maximum Gasteiger partial charge on any atom is 0.131 e. The predicted molar refractivity (Wildman–Crippen MR) is 94.9 cm³/mol. The molecule has 1 aromatic rings. The highest BCUT2D eigenvalue weighted by molar-refractivity contribution is 6.69. The number of nitrogens with zero attached hydrogens (tertiary/aromatic N) is 3. The number of aliphatic imine (C=N–C) groups is 1. The molecule has 0 amide bonds. The van der Waals surface area contributed by atoms with Crippen LogP contribution < -0.4 is 0 Å². The average molecular weight is 316 g/mol. The van der Waals surface area contributed by atoms with E-state index >= 15 is 0 Å². The maximum absolute atomic E-state index is 9.00. The van der Waals surface area contributed by atoms with E-state index in [1.807, 2.05) is 18.5 Å². The Labute approximate surface area is 137 Å². The molecule has 1 heterocycles. The van der Waals surface area contributed by atoms with E-state index in [-0.39, 0.29) is 5.54 Å². The van der Waals surface area contributed by atoms with Crippen molar-refractivity contribution in [3.05, 3.63) is 55.0 Å². The Balaban J connectivity index is 2.90. The van der Waals surface area contributed by atoms with Gasteiger partial charge in [-0.3, -0.25) is 0 Å². The summed E-state index contributed by atoms with van der Waals surface area (Å²) in [7, 11) is 0. The van der Waals surface area contributed by atoms with Crippen LogP contribution in [0.4, 0.5) is 0 Å². The van der Waals surface area contributed by atoms with Crippen LogP contribution in [0.5, 0.6) is 0 Å². The third-order valence-electron chi connectivity index (χ3n) is 3.72. The number of hydrogen-bond acceptors (Lipinski definition) is 2. The zero-order valence-electron chi connectivity index (χ0n) is 13.4. The fourth-order valence-corrected chi connectivity index (χ4v) is 1.95. The van der Waals surface area contributed by atoms with E-state index in [0.717, 1.165) is 23.1 Å². The highest BCUT2D eigenvalue weighted by Crippen LogP contribution is 2.27. The third kappa shape index (κ3) is 4.47. The Bertz CT molecular complexity index is 658. The van der Waals surface area contributed by atoms with Crippen molar-refractivity contribution in [2.45, 2.75) is 39.2 Å². The zero-order valence-corrected chi connectivity index (χ0v) is 14.2. The smallest absolute Gasteiger partial charge is 0.131 e. The van der Waals surface area contributed by atoms with Gasteiger partial charge in [-0.05, 0) is 49.1 Å². The second-order valence-electron chi connectivity index (χ2n) is 5.53. The van der Waals surface area contributed by atoms with Gasteiger partial charge in [0, 0.05) is 18.6 Å². The molecule has 1 atom stereocenters. The predicted octanol–water partition coefficient (Wildman–Crippen LogP) is 5.27. The summed E-state index contributed by atoms with van der Waals surface area (Å²) in [6, 6.07) is 4.24. The fraction of sp³-hybridized carbons (Fsp3) is 0.333. The van der Waals surface area contributed by atoms with Gasteiger partial charge in [0.05, 0.1) is 18.0 Å². The Morgan fingerprint density at radius 2 is 2.23 bits per heavy atom. The molecule has 0 N–H and O–H groups in total. The molecule has 1 aromatic heterocycles. The summed E-state index contributed by atoms with van der Waals surface area (Å²) in [4.78, 5) is 4.08. The van der Waals surface area contributed by atoms with Gasteiger partial charge in [0.15, 0.2) is 0 Å². The van der Waals surface area contributed by atoms with Crippen LogP contribution in [-0.4, -0.2) is 9.74 Å². The van der Waals surface area contributed by atoms with Crippen LogP contribution in [0.1, 0.15) is 39.2 Å². The van der Waals surface area contributed by atoms with Gasteiger partial charge in [0.1, 0.15) is 5.17 Å². The molecule has 0 aliphatic heterocycles. The van der Waals surface area contributed by atoms with E-state index in [2.05, 4.69) is 42.6 Å². The maximum atomic E-state index is 9.00. The summed E-state index contributed by atoms with van der Waals surface area (Å²) in [6.07, 6.45) is 8.77. The van der Waals surface area contributed by atoms with Crippen LogP contribution in [0.25, 0.3) is 5.57 Å². The quantitative estimate of drug-likeness (QED) is 0.499. The first-order chi connectivity index (χ1) is 10.3. The molecule has 0 bridgehead atoms. The van der Waals surface area contributed by atoms with E-state index in [1.54, 1.807) is 19.2 Å². The van der Waals surface area contributed by atoms with Crippen molar-refractivity contribution in [1.82, 2.24) is 4.57 Å². The van der Waals surface area contributed by atoms with Gasteiger partial charge >= 0.3 is 0 Å². The summed E-state index contributed by atoms with van der Waals surface area (Å²) in [6.45, 7) is 13.7. The van der Waals surface area contributed by atoms with Crippen LogP contribution in [0.3, 0.4) is 0 Å². The minimum Gasteiger partial charge on any atom is -0.347 e. The van der Waals surface area contributed by atoms with Crippen molar-refractivity contribution < 1.29 is 0 Å². The number of aromatic nitrogens is 1. The van der Waals surface area contributed by atoms with Crippen molar-refractivity contribution in [2.75, 3.05) is 0 Å². The first kappa shape index (κ1) is 18.0. The molecule has 116 valence electrons. The molecule has 22 heavy (non-hydrogen) atoms. The van der Waals surface area contributed by atoms with E-state index in [1.165, 1.54) is 0 Å². The van der Waals surface area contributed by atoms with Crippen molar-refractivity contribution in [2.24, 2.45) is 4.99 Å². The first-order valence-corrected chi connectivity index (χ1v) is 7.52. The molecule has 0 spiro atoms. The number of hydrogen-bond donors (Lipinski definition) is 0. The van der Waals surface area contributed by atoms with Crippen molar-refractivity contribution >= 4 is 22.3 Å². The van der Waals surface area contributed by atoms with E-state index in [0.29, 0.717) is 11.6 Å². The number of rotatable bonds is 7. The molecule has 0 aromatic carbocycles. The Hall–Kier alpha value is -2.05. The van der Waals surface area contributed by atoms with Crippen LogP contribution in [0, 0.1) is 11.3 Å². The van der Waals surface area contributed by atoms with Gasteiger partial charge < -0.3 is 4.57 Å². The molecule has 0 aliphatic rings. The van der Waals surface area contributed by atoms with Gasteiger partial charge in [-0.15, -0.1) is 0 Å². The lowest BCUT2D eigenvalue weighted by Gasteiger charge is -2.27. The topological polar surface area (TPSA) is 41.1 Å². The zero-order chi connectivity index (χ0) is 16.8. The largest absolute Gasteiger partial charge is 0.347 e. The van der Waals surface area contributed by atoms with Gasteiger partial charge in [0.2, 0.25) is 0 Å². The number of nitriles is 1. The van der Waals surface area contributed by atoms with Crippen LogP contribution in [0.15, 0.2) is 54.5 Å². The normalized spacial score (nSPS) is 14.6. The molecule has 0 aliphatic carbocycles. The van der Waals surface area contributed by atoms with Crippen molar-refractivity contribution in [3.8, 4) is 6.07 Å². The minimum atomic E-state index is -0.196. The Morgan fingerprint density at radius 1 is 1.55 bits per heavy atom. The highest BCUT2D eigenvalue weighted by Gasteiger charge is 2.23. The fourth-order valence-electron chi connectivity index (χ4n) is 1.89. The molecule has 1 unspecified atom stereocenters. The second-order valence-corrected chi connectivity index (χ2v) is 5.89. The number of allylic oxidation sites excluding steroid dienone is 3. The van der Waals surface area contributed by atoms with Gasteiger partial charge in [-0.1, -0.05) is 31.7 Å². The SMILES string of the molecule is C=C(C)C(Cl)=N/C=C\C(=C)c1ccn(C(C)(CC)CC#N)c1.